The number of hydrogen-bond acceptors (Lipinski definition) is 5. The maximum atomic E-state index is 12.9. The average Bonchev–Trinajstić information content (AvgIpc) is 3.18. The summed E-state index contributed by atoms with van der Waals surface area (Å²) in [5.41, 5.74) is 3.23. The lowest BCUT2D eigenvalue weighted by atomic mass is 10.1. The molecule has 1 aliphatic rings. The summed E-state index contributed by atoms with van der Waals surface area (Å²) in [7, 11) is 0. The van der Waals surface area contributed by atoms with Crippen LogP contribution in [-0.2, 0) is 6.42 Å². The Bertz CT molecular complexity index is 977. The number of benzene rings is 2. The number of aryl methyl sites for hydroxylation is 1. The standard InChI is InChI=1S/C22H25N3OS2/c1-3-16-7-6-10-19-20(16)23-22(28-19)25-13-11-24(12-14-25)21(26)17-8-5-9-18(15-17)27-4-2/h5-10,15H,3-4,11-14H2,1-2H3. The van der Waals surface area contributed by atoms with E-state index in [0.717, 1.165) is 59.5 Å². The molecular weight excluding hydrogens is 386 g/mol. The first-order chi connectivity index (χ1) is 13.7. The topological polar surface area (TPSA) is 36.4 Å². The lowest BCUT2D eigenvalue weighted by molar-refractivity contribution is 0.0746. The van der Waals surface area contributed by atoms with Crippen molar-refractivity contribution < 1.29 is 4.79 Å². The Morgan fingerprint density at radius 2 is 1.89 bits per heavy atom. The number of anilines is 1. The van der Waals surface area contributed by atoms with E-state index < -0.39 is 0 Å². The molecule has 4 rings (SSSR count). The molecule has 146 valence electrons. The predicted octanol–water partition coefficient (Wildman–Crippen LogP) is 4.93. The molecule has 2 aromatic carbocycles. The molecule has 6 heteroatoms. The maximum Gasteiger partial charge on any atom is 0.254 e. The summed E-state index contributed by atoms with van der Waals surface area (Å²) in [6.45, 7) is 7.43. The number of fused-ring (bicyclic) bond motifs is 1. The maximum absolute atomic E-state index is 12.9. The summed E-state index contributed by atoms with van der Waals surface area (Å²) >= 11 is 3.53. The van der Waals surface area contributed by atoms with E-state index in [1.807, 2.05) is 23.1 Å². The van der Waals surface area contributed by atoms with Crippen molar-refractivity contribution in [2.75, 3.05) is 36.8 Å². The van der Waals surface area contributed by atoms with Gasteiger partial charge in [-0.15, -0.1) is 11.8 Å². The number of carbonyl (C=O) groups excluding carboxylic acids is 1. The molecule has 1 aliphatic heterocycles. The van der Waals surface area contributed by atoms with Crippen molar-refractivity contribution in [3.05, 3.63) is 53.6 Å². The summed E-state index contributed by atoms with van der Waals surface area (Å²) in [6.07, 6.45) is 0.998. The number of thioether (sulfide) groups is 1. The number of piperazine rings is 1. The quantitative estimate of drug-likeness (QED) is 0.558. The number of aromatic nitrogens is 1. The van der Waals surface area contributed by atoms with Crippen LogP contribution in [0.1, 0.15) is 29.8 Å². The van der Waals surface area contributed by atoms with Gasteiger partial charge in [-0.25, -0.2) is 4.98 Å². The number of amides is 1. The molecule has 1 saturated heterocycles. The van der Waals surface area contributed by atoms with Crippen LogP contribution >= 0.6 is 23.1 Å². The molecule has 0 atom stereocenters. The number of thiazole rings is 1. The van der Waals surface area contributed by atoms with Crippen molar-refractivity contribution in [3.8, 4) is 0 Å². The number of carbonyl (C=O) groups is 1. The Labute approximate surface area is 174 Å². The predicted molar refractivity (Wildman–Crippen MR) is 120 cm³/mol. The molecule has 0 spiro atoms. The van der Waals surface area contributed by atoms with Gasteiger partial charge in [0.15, 0.2) is 5.13 Å². The SMILES string of the molecule is CCSc1cccc(C(=O)N2CCN(c3nc4c(CC)cccc4s3)CC2)c1. The zero-order valence-corrected chi connectivity index (χ0v) is 18.0. The molecule has 28 heavy (non-hydrogen) atoms. The van der Waals surface area contributed by atoms with Crippen LogP contribution in [0.25, 0.3) is 10.2 Å². The van der Waals surface area contributed by atoms with Crippen LogP contribution in [0.5, 0.6) is 0 Å². The smallest absolute Gasteiger partial charge is 0.254 e. The zero-order valence-electron chi connectivity index (χ0n) is 16.4. The number of rotatable bonds is 5. The Morgan fingerprint density at radius 1 is 1.11 bits per heavy atom. The van der Waals surface area contributed by atoms with Gasteiger partial charge in [-0.3, -0.25) is 4.79 Å². The van der Waals surface area contributed by atoms with Gasteiger partial charge < -0.3 is 9.80 Å². The van der Waals surface area contributed by atoms with Gasteiger partial charge in [-0.2, -0.15) is 0 Å². The molecule has 1 aromatic heterocycles. The van der Waals surface area contributed by atoms with E-state index in [2.05, 4.69) is 43.0 Å². The van der Waals surface area contributed by atoms with Crippen LogP contribution in [0.4, 0.5) is 5.13 Å². The molecule has 3 aromatic rings. The third kappa shape index (κ3) is 3.89. The lowest BCUT2D eigenvalue weighted by Gasteiger charge is -2.34. The second kappa shape index (κ2) is 8.53. The van der Waals surface area contributed by atoms with E-state index in [1.165, 1.54) is 10.3 Å². The minimum Gasteiger partial charge on any atom is -0.345 e. The summed E-state index contributed by atoms with van der Waals surface area (Å²) in [4.78, 5) is 23.3. The number of para-hydroxylation sites is 1. The third-order valence-corrected chi connectivity index (χ3v) is 7.06. The molecule has 2 heterocycles. The van der Waals surface area contributed by atoms with E-state index in [1.54, 1.807) is 23.1 Å². The Balaban J connectivity index is 1.44. The van der Waals surface area contributed by atoms with Crippen LogP contribution in [-0.4, -0.2) is 47.7 Å². The van der Waals surface area contributed by atoms with Crippen molar-refractivity contribution in [1.29, 1.82) is 0 Å². The fourth-order valence-corrected chi connectivity index (χ4v) is 5.37. The third-order valence-electron chi connectivity index (χ3n) is 5.10. The minimum absolute atomic E-state index is 0.135. The average molecular weight is 412 g/mol. The van der Waals surface area contributed by atoms with Gasteiger partial charge in [0.2, 0.25) is 0 Å². The van der Waals surface area contributed by atoms with Crippen LogP contribution in [0.2, 0.25) is 0 Å². The van der Waals surface area contributed by atoms with Crippen molar-refractivity contribution in [3.63, 3.8) is 0 Å². The highest BCUT2D eigenvalue weighted by Gasteiger charge is 2.24. The molecule has 0 radical (unpaired) electrons. The van der Waals surface area contributed by atoms with Crippen molar-refractivity contribution in [2.45, 2.75) is 25.2 Å². The molecule has 0 saturated carbocycles. The highest BCUT2D eigenvalue weighted by atomic mass is 32.2. The Hall–Kier alpha value is -2.05. The summed E-state index contributed by atoms with van der Waals surface area (Å²) in [5, 5.41) is 1.07. The van der Waals surface area contributed by atoms with Crippen molar-refractivity contribution in [2.24, 2.45) is 0 Å². The van der Waals surface area contributed by atoms with E-state index >= 15 is 0 Å². The van der Waals surface area contributed by atoms with E-state index in [0.29, 0.717) is 0 Å². The first-order valence-electron chi connectivity index (χ1n) is 9.85. The summed E-state index contributed by atoms with van der Waals surface area (Å²) in [5.74, 6) is 1.15. The highest BCUT2D eigenvalue weighted by molar-refractivity contribution is 7.99. The molecule has 1 fully saturated rings. The van der Waals surface area contributed by atoms with Crippen LogP contribution in [0.15, 0.2) is 47.4 Å². The van der Waals surface area contributed by atoms with Gasteiger partial charge in [0.25, 0.3) is 5.91 Å². The summed E-state index contributed by atoms with van der Waals surface area (Å²) in [6, 6.07) is 14.4. The summed E-state index contributed by atoms with van der Waals surface area (Å²) < 4.78 is 1.25. The zero-order chi connectivity index (χ0) is 19.5. The monoisotopic (exact) mass is 411 g/mol. The minimum atomic E-state index is 0.135. The highest BCUT2D eigenvalue weighted by Crippen LogP contribution is 2.31. The van der Waals surface area contributed by atoms with Crippen LogP contribution in [0.3, 0.4) is 0 Å². The number of hydrogen-bond donors (Lipinski definition) is 0. The number of nitrogens with zero attached hydrogens (tertiary/aromatic N) is 3. The fraction of sp³-hybridized carbons (Fsp3) is 0.364. The van der Waals surface area contributed by atoms with E-state index in [4.69, 9.17) is 4.98 Å². The molecule has 0 unspecified atom stereocenters. The van der Waals surface area contributed by atoms with Gasteiger partial charge in [0.05, 0.1) is 10.2 Å². The van der Waals surface area contributed by atoms with Crippen molar-refractivity contribution in [1.82, 2.24) is 9.88 Å². The Kier molecular flexibility index (Phi) is 5.87. The molecule has 4 nitrogen and oxygen atoms in total. The van der Waals surface area contributed by atoms with Crippen molar-refractivity contribution >= 4 is 44.4 Å². The fourth-order valence-electron chi connectivity index (χ4n) is 3.58. The largest absolute Gasteiger partial charge is 0.345 e. The van der Waals surface area contributed by atoms with Crippen LogP contribution in [0, 0.1) is 0 Å². The Morgan fingerprint density at radius 3 is 2.64 bits per heavy atom. The van der Waals surface area contributed by atoms with E-state index in [-0.39, 0.29) is 5.91 Å². The van der Waals surface area contributed by atoms with Gasteiger partial charge in [-0.1, -0.05) is 43.4 Å². The van der Waals surface area contributed by atoms with Gasteiger partial charge in [0.1, 0.15) is 0 Å². The molecule has 0 bridgehead atoms. The van der Waals surface area contributed by atoms with Gasteiger partial charge >= 0.3 is 0 Å². The molecule has 1 amide bonds. The normalized spacial score (nSPS) is 14.6. The molecule has 0 aliphatic carbocycles. The first-order valence-corrected chi connectivity index (χ1v) is 11.6. The molecule has 0 N–H and O–H groups in total. The first kappa shape index (κ1) is 19.3. The van der Waals surface area contributed by atoms with Crippen LogP contribution < -0.4 is 4.90 Å². The van der Waals surface area contributed by atoms with Gasteiger partial charge in [0, 0.05) is 36.6 Å². The second-order valence-corrected chi connectivity index (χ2v) is 9.20. The lowest BCUT2D eigenvalue weighted by Crippen LogP contribution is -2.48. The second-order valence-electron chi connectivity index (χ2n) is 6.85. The van der Waals surface area contributed by atoms with Gasteiger partial charge in [-0.05, 0) is 42.0 Å². The van der Waals surface area contributed by atoms with E-state index in [9.17, 15) is 4.79 Å². The molecular formula is C22H25N3OS2.